The third kappa shape index (κ3) is 4.87. The van der Waals surface area contributed by atoms with Crippen LogP contribution in [0.5, 0.6) is 0 Å². The highest BCUT2D eigenvalue weighted by Gasteiger charge is 2.01. The Morgan fingerprint density at radius 3 is 2.35 bits per heavy atom. The van der Waals surface area contributed by atoms with Crippen LogP contribution in [-0.2, 0) is 5.75 Å². The molecule has 3 rings (SSSR count). The summed E-state index contributed by atoms with van der Waals surface area (Å²) in [7, 11) is 0. The minimum atomic E-state index is 0.447. The maximum absolute atomic E-state index is 5.19. The molecule has 0 fully saturated rings. The van der Waals surface area contributed by atoms with Crippen molar-refractivity contribution < 1.29 is 0 Å². The van der Waals surface area contributed by atoms with Gasteiger partial charge in [-0.05, 0) is 29.4 Å². The van der Waals surface area contributed by atoms with Crippen LogP contribution in [0.4, 0.5) is 0 Å². The fourth-order valence-electron chi connectivity index (χ4n) is 1.99. The van der Waals surface area contributed by atoms with Gasteiger partial charge in [-0.3, -0.25) is 0 Å². The van der Waals surface area contributed by atoms with Crippen molar-refractivity contribution in [2.75, 3.05) is 0 Å². The van der Waals surface area contributed by atoms with E-state index in [4.69, 9.17) is 12.2 Å². The number of thioether (sulfide) groups is 1. The lowest BCUT2D eigenvalue weighted by Crippen LogP contribution is -1.95. The highest BCUT2D eigenvalue weighted by atomic mass is 32.2. The monoisotopic (exact) mass is 337 g/mol. The number of hydrogen-bond donors (Lipinski definition) is 1. The molecular weight excluding hydrogens is 322 g/mol. The minimum Gasteiger partial charge on any atom is -0.315 e. The van der Waals surface area contributed by atoms with Gasteiger partial charge in [0.05, 0.1) is 0 Å². The van der Waals surface area contributed by atoms with E-state index in [9.17, 15) is 0 Å². The average Bonchev–Trinajstić information content (AvgIpc) is 2.60. The first-order valence-corrected chi connectivity index (χ1v) is 8.57. The summed E-state index contributed by atoms with van der Waals surface area (Å²) in [6.07, 6.45) is 3.92. The molecule has 23 heavy (non-hydrogen) atoms. The Balaban J connectivity index is 1.74. The Morgan fingerprint density at radius 1 is 0.913 bits per heavy atom. The molecule has 0 radical (unpaired) electrons. The Morgan fingerprint density at radius 2 is 1.61 bits per heavy atom. The van der Waals surface area contributed by atoms with Crippen molar-refractivity contribution in [2.24, 2.45) is 0 Å². The Hall–Kier alpha value is -2.24. The number of H-pyrrole nitrogens is 1. The molecule has 5 heteroatoms. The van der Waals surface area contributed by atoms with Gasteiger partial charge in [-0.25, -0.2) is 4.98 Å². The van der Waals surface area contributed by atoms with E-state index in [1.807, 2.05) is 60.7 Å². The maximum atomic E-state index is 5.19. The quantitative estimate of drug-likeness (QED) is 0.525. The van der Waals surface area contributed by atoms with Gasteiger partial charge in [0.2, 0.25) is 4.77 Å². The lowest BCUT2D eigenvalue weighted by atomic mass is 10.2. The number of aromatic nitrogens is 3. The van der Waals surface area contributed by atoms with Gasteiger partial charge in [0.25, 0.3) is 0 Å². The Kier molecular flexibility index (Phi) is 5.34. The zero-order chi connectivity index (χ0) is 15.9. The lowest BCUT2D eigenvalue weighted by molar-refractivity contribution is 0.875. The molecule has 0 bridgehead atoms. The second-order valence-corrected chi connectivity index (χ2v) is 6.17. The molecular formula is C18H15N3S2. The van der Waals surface area contributed by atoms with Gasteiger partial charge in [0.1, 0.15) is 5.82 Å². The fraction of sp³-hybridized carbons (Fsp3) is 0.0556. The molecule has 0 saturated carbocycles. The van der Waals surface area contributed by atoms with E-state index in [0.717, 1.165) is 11.3 Å². The summed E-state index contributed by atoms with van der Waals surface area (Å²) in [4.78, 5) is 11.8. The second-order valence-electron chi connectivity index (χ2n) is 4.84. The standard InChI is InChI=1S/C18H15N3S2/c22-17-19-16(12-11-14-7-3-1-4-8-14)20-18(21-17)23-13-15-9-5-2-6-10-15/h1-12H,13H2,(H,19,20,21,22). The molecule has 3 aromatic rings. The van der Waals surface area contributed by atoms with Gasteiger partial charge < -0.3 is 4.98 Å². The van der Waals surface area contributed by atoms with Gasteiger partial charge in [0.15, 0.2) is 5.16 Å². The first-order valence-electron chi connectivity index (χ1n) is 7.18. The average molecular weight is 337 g/mol. The molecule has 1 N–H and O–H groups in total. The summed E-state index contributed by atoms with van der Waals surface area (Å²) >= 11 is 6.78. The third-order valence-corrected chi connectivity index (χ3v) is 4.20. The van der Waals surface area contributed by atoms with E-state index in [2.05, 4.69) is 27.1 Å². The summed E-state index contributed by atoms with van der Waals surface area (Å²) in [5.41, 5.74) is 2.35. The normalized spacial score (nSPS) is 11.0. The molecule has 0 amide bonds. The number of hydrogen-bond acceptors (Lipinski definition) is 4. The maximum Gasteiger partial charge on any atom is 0.200 e. The van der Waals surface area contributed by atoms with E-state index < -0.39 is 0 Å². The second kappa shape index (κ2) is 7.85. The molecule has 0 spiro atoms. The summed E-state index contributed by atoms with van der Waals surface area (Å²) < 4.78 is 0.447. The van der Waals surface area contributed by atoms with Crippen LogP contribution in [0.25, 0.3) is 12.2 Å². The van der Waals surface area contributed by atoms with E-state index in [0.29, 0.717) is 15.8 Å². The van der Waals surface area contributed by atoms with Gasteiger partial charge in [0, 0.05) is 5.75 Å². The highest BCUT2D eigenvalue weighted by molar-refractivity contribution is 7.98. The molecule has 2 aromatic carbocycles. The summed E-state index contributed by atoms with van der Waals surface area (Å²) in [5.74, 6) is 1.53. The molecule has 114 valence electrons. The molecule has 0 atom stereocenters. The van der Waals surface area contributed by atoms with Crippen LogP contribution in [0.3, 0.4) is 0 Å². The fourth-order valence-corrected chi connectivity index (χ4v) is 3.04. The molecule has 3 nitrogen and oxygen atoms in total. The number of benzene rings is 2. The predicted octanol–water partition coefficient (Wildman–Crippen LogP) is 5.00. The van der Waals surface area contributed by atoms with Crippen molar-refractivity contribution in [3.63, 3.8) is 0 Å². The SMILES string of the molecule is S=c1nc(SCc2ccccc2)nc(C=Cc2ccccc2)[nH]1. The molecule has 0 aliphatic heterocycles. The minimum absolute atomic E-state index is 0.447. The zero-order valence-electron chi connectivity index (χ0n) is 12.3. The van der Waals surface area contributed by atoms with Crippen LogP contribution >= 0.6 is 24.0 Å². The Bertz CT molecular complexity index is 843. The first kappa shape index (κ1) is 15.6. The summed E-state index contributed by atoms with van der Waals surface area (Å²) in [5, 5.41) is 0.685. The van der Waals surface area contributed by atoms with Crippen LogP contribution in [0, 0.1) is 4.77 Å². The number of nitrogens with one attached hydrogen (secondary N) is 1. The van der Waals surface area contributed by atoms with Gasteiger partial charge in [-0.1, -0.05) is 78.5 Å². The third-order valence-electron chi connectivity index (χ3n) is 3.09. The predicted molar refractivity (Wildman–Crippen MR) is 98.6 cm³/mol. The summed E-state index contributed by atoms with van der Waals surface area (Å²) in [6.45, 7) is 0. The van der Waals surface area contributed by atoms with Crippen molar-refractivity contribution in [1.82, 2.24) is 15.0 Å². The molecule has 0 aliphatic carbocycles. The largest absolute Gasteiger partial charge is 0.315 e. The van der Waals surface area contributed by atoms with E-state index in [1.165, 1.54) is 5.56 Å². The van der Waals surface area contributed by atoms with Gasteiger partial charge in [-0.15, -0.1) is 0 Å². The molecule has 0 aliphatic rings. The number of rotatable bonds is 5. The van der Waals surface area contributed by atoms with Crippen molar-refractivity contribution in [1.29, 1.82) is 0 Å². The van der Waals surface area contributed by atoms with E-state index in [-0.39, 0.29) is 0 Å². The first-order chi connectivity index (χ1) is 11.3. The van der Waals surface area contributed by atoms with Crippen molar-refractivity contribution in [3.8, 4) is 0 Å². The van der Waals surface area contributed by atoms with Crippen LogP contribution in [0.15, 0.2) is 65.8 Å². The lowest BCUT2D eigenvalue weighted by Gasteiger charge is -2.02. The van der Waals surface area contributed by atoms with E-state index in [1.54, 1.807) is 11.8 Å². The zero-order valence-corrected chi connectivity index (χ0v) is 14.0. The number of aromatic amines is 1. The van der Waals surface area contributed by atoms with Crippen molar-refractivity contribution in [3.05, 3.63) is 82.4 Å². The number of nitrogens with zero attached hydrogens (tertiary/aromatic N) is 2. The van der Waals surface area contributed by atoms with Crippen molar-refractivity contribution >= 4 is 36.1 Å². The topological polar surface area (TPSA) is 41.6 Å². The van der Waals surface area contributed by atoms with Crippen LogP contribution < -0.4 is 0 Å². The van der Waals surface area contributed by atoms with Crippen LogP contribution in [0.1, 0.15) is 17.0 Å². The van der Waals surface area contributed by atoms with Gasteiger partial charge >= 0.3 is 0 Å². The smallest absolute Gasteiger partial charge is 0.200 e. The van der Waals surface area contributed by atoms with Crippen LogP contribution in [-0.4, -0.2) is 15.0 Å². The van der Waals surface area contributed by atoms with Crippen molar-refractivity contribution in [2.45, 2.75) is 10.9 Å². The molecule has 1 heterocycles. The molecule has 1 aromatic heterocycles. The van der Waals surface area contributed by atoms with Gasteiger partial charge in [-0.2, -0.15) is 4.98 Å². The molecule has 0 unspecified atom stereocenters. The van der Waals surface area contributed by atoms with Crippen LogP contribution in [0.2, 0.25) is 0 Å². The summed E-state index contributed by atoms with van der Waals surface area (Å²) in [6, 6.07) is 20.3. The van der Waals surface area contributed by atoms with E-state index >= 15 is 0 Å². The molecule has 0 saturated heterocycles. The Labute approximate surface area is 144 Å². The highest BCUT2D eigenvalue weighted by Crippen LogP contribution is 2.19.